The van der Waals surface area contributed by atoms with Gasteiger partial charge in [-0.25, -0.2) is 4.68 Å². The second kappa shape index (κ2) is 8.44. The van der Waals surface area contributed by atoms with Gasteiger partial charge in [-0.05, 0) is 36.5 Å². The van der Waals surface area contributed by atoms with Gasteiger partial charge in [-0.2, -0.15) is 0 Å². The molecule has 1 aromatic heterocycles. The first-order valence-electron chi connectivity index (χ1n) is 8.79. The molecule has 0 saturated carbocycles. The van der Waals surface area contributed by atoms with Crippen LogP contribution in [-0.4, -0.2) is 51.6 Å². The topological polar surface area (TPSA) is 86.3 Å². The highest BCUT2D eigenvalue weighted by Crippen LogP contribution is 2.20. The summed E-state index contributed by atoms with van der Waals surface area (Å²) >= 11 is 1.34. The van der Waals surface area contributed by atoms with E-state index in [1.165, 1.54) is 16.4 Å². The molecule has 1 saturated heterocycles. The number of hydrogen-bond acceptors (Lipinski definition) is 6. The van der Waals surface area contributed by atoms with Gasteiger partial charge in [-0.3, -0.25) is 4.79 Å². The van der Waals surface area contributed by atoms with Crippen molar-refractivity contribution in [1.82, 2.24) is 19.8 Å². The Morgan fingerprint density at radius 3 is 2.62 bits per heavy atom. The molecule has 140 valence electrons. The average molecular weight is 375 g/mol. The monoisotopic (exact) mass is 375 g/mol. The van der Waals surface area contributed by atoms with Crippen LogP contribution in [0.15, 0.2) is 29.4 Å². The zero-order valence-corrected chi connectivity index (χ0v) is 16.0. The Morgan fingerprint density at radius 2 is 1.96 bits per heavy atom. The van der Waals surface area contributed by atoms with Crippen molar-refractivity contribution >= 4 is 17.7 Å². The van der Waals surface area contributed by atoms with E-state index in [2.05, 4.69) is 17.1 Å². The third-order valence-corrected chi connectivity index (χ3v) is 5.65. The molecule has 0 unspecified atom stereocenters. The zero-order chi connectivity index (χ0) is 18.5. The number of nitrogen functional groups attached to an aromatic ring is 1. The number of likely N-dealkylation sites (tertiary alicyclic amines) is 1. The fraction of sp³-hybridized carbons (Fsp3) is 0.500. The average Bonchev–Trinajstić information content (AvgIpc) is 3.00. The summed E-state index contributed by atoms with van der Waals surface area (Å²) in [4.78, 5) is 14.3. The third-order valence-electron chi connectivity index (χ3n) is 4.72. The minimum absolute atomic E-state index is 0.140. The van der Waals surface area contributed by atoms with E-state index in [-0.39, 0.29) is 5.91 Å². The maximum Gasteiger partial charge on any atom is 0.233 e. The van der Waals surface area contributed by atoms with Crippen LogP contribution < -0.4 is 10.6 Å². The van der Waals surface area contributed by atoms with Crippen LogP contribution in [0.2, 0.25) is 0 Å². The number of nitrogens with zero attached hydrogens (tertiary/aromatic N) is 4. The van der Waals surface area contributed by atoms with Gasteiger partial charge < -0.3 is 15.5 Å². The zero-order valence-electron chi connectivity index (χ0n) is 15.2. The number of nitrogens with two attached hydrogens (primary N) is 1. The molecule has 1 aliphatic heterocycles. The van der Waals surface area contributed by atoms with Crippen LogP contribution in [0.1, 0.15) is 31.2 Å². The van der Waals surface area contributed by atoms with E-state index in [9.17, 15) is 4.79 Å². The van der Waals surface area contributed by atoms with Gasteiger partial charge in [-0.1, -0.05) is 30.8 Å². The Bertz CT molecular complexity index is 739. The Kier molecular flexibility index (Phi) is 6.03. The molecule has 7 nitrogen and oxygen atoms in total. The molecular weight excluding hydrogens is 350 g/mol. The van der Waals surface area contributed by atoms with Crippen molar-refractivity contribution in [3.05, 3.63) is 35.7 Å². The van der Waals surface area contributed by atoms with Crippen molar-refractivity contribution < 1.29 is 9.53 Å². The Hall–Kier alpha value is -2.22. The van der Waals surface area contributed by atoms with Gasteiger partial charge in [0.1, 0.15) is 5.75 Å². The highest BCUT2D eigenvalue weighted by molar-refractivity contribution is 7.99. The van der Waals surface area contributed by atoms with Gasteiger partial charge in [0.25, 0.3) is 0 Å². The van der Waals surface area contributed by atoms with Crippen LogP contribution >= 0.6 is 11.8 Å². The lowest BCUT2D eigenvalue weighted by Crippen LogP contribution is -2.39. The second-order valence-electron chi connectivity index (χ2n) is 6.65. The summed E-state index contributed by atoms with van der Waals surface area (Å²) in [6, 6.07) is 7.75. The molecule has 0 bridgehead atoms. The van der Waals surface area contributed by atoms with Gasteiger partial charge >= 0.3 is 0 Å². The molecule has 26 heavy (non-hydrogen) atoms. The van der Waals surface area contributed by atoms with Crippen LogP contribution in [0.3, 0.4) is 0 Å². The van der Waals surface area contributed by atoms with E-state index in [1.807, 2.05) is 29.2 Å². The van der Waals surface area contributed by atoms with E-state index in [0.717, 1.165) is 37.2 Å². The first-order chi connectivity index (χ1) is 12.6. The number of rotatable bonds is 6. The lowest BCUT2D eigenvalue weighted by molar-refractivity contribution is -0.129. The fourth-order valence-corrected chi connectivity index (χ4v) is 3.71. The summed E-state index contributed by atoms with van der Waals surface area (Å²) in [7, 11) is 1.64. The van der Waals surface area contributed by atoms with Gasteiger partial charge in [0.15, 0.2) is 5.82 Å². The van der Waals surface area contributed by atoms with Crippen LogP contribution in [0, 0.1) is 5.92 Å². The number of amides is 1. The van der Waals surface area contributed by atoms with Crippen molar-refractivity contribution in [3.63, 3.8) is 0 Å². The number of hydrogen-bond donors (Lipinski definition) is 1. The molecule has 2 heterocycles. The number of piperidine rings is 1. The van der Waals surface area contributed by atoms with Gasteiger partial charge in [0.05, 0.1) is 12.9 Å². The van der Waals surface area contributed by atoms with Crippen LogP contribution in [-0.2, 0) is 11.2 Å². The quantitative estimate of drug-likeness (QED) is 0.613. The Morgan fingerprint density at radius 1 is 1.27 bits per heavy atom. The lowest BCUT2D eigenvalue weighted by Gasteiger charge is -2.30. The minimum Gasteiger partial charge on any atom is -0.497 e. The molecule has 1 amide bonds. The van der Waals surface area contributed by atoms with Crippen LogP contribution in [0.25, 0.3) is 0 Å². The molecule has 0 atom stereocenters. The molecule has 0 radical (unpaired) electrons. The molecule has 2 aromatic rings. The largest absolute Gasteiger partial charge is 0.497 e. The summed E-state index contributed by atoms with van der Waals surface area (Å²) in [5, 5.41) is 8.86. The van der Waals surface area contributed by atoms with Crippen molar-refractivity contribution in [2.75, 3.05) is 31.8 Å². The number of ether oxygens (including phenoxy) is 1. The predicted molar refractivity (Wildman–Crippen MR) is 102 cm³/mol. The molecule has 1 aromatic carbocycles. The maximum absolute atomic E-state index is 12.3. The van der Waals surface area contributed by atoms with Crippen molar-refractivity contribution in [2.24, 2.45) is 5.92 Å². The predicted octanol–water partition coefficient (Wildman–Crippen LogP) is 1.94. The number of aromatic nitrogens is 3. The first kappa shape index (κ1) is 18.6. The van der Waals surface area contributed by atoms with Gasteiger partial charge in [-0.15, -0.1) is 10.2 Å². The van der Waals surface area contributed by atoms with Gasteiger partial charge in [0.2, 0.25) is 11.1 Å². The van der Waals surface area contributed by atoms with Crippen LogP contribution in [0.4, 0.5) is 0 Å². The van der Waals surface area contributed by atoms with E-state index in [0.29, 0.717) is 29.1 Å². The fourth-order valence-electron chi connectivity index (χ4n) is 2.93. The number of benzene rings is 1. The molecule has 0 aliphatic carbocycles. The molecule has 8 heteroatoms. The van der Waals surface area contributed by atoms with Crippen molar-refractivity contribution in [1.29, 1.82) is 0 Å². The smallest absolute Gasteiger partial charge is 0.233 e. The van der Waals surface area contributed by atoms with Crippen molar-refractivity contribution in [2.45, 2.75) is 31.3 Å². The highest BCUT2D eigenvalue weighted by atomic mass is 32.2. The van der Waals surface area contributed by atoms with Crippen LogP contribution in [0.5, 0.6) is 5.75 Å². The Labute approximate surface area is 157 Å². The molecule has 1 aliphatic rings. The molecular formula is C18H25N5O2S. The number of methoxy groups -OCH3 is 1. The van der Waals surface area contributed by atoms with E-state index in [4.69, 9.17) is 10.6 Å². The number of carbonyl (C=O) groups is 1. The molecule has 1 fully saturated rings. The minimum atomic E-state index is 0.140. The Balaban J connectivity index is 1.55. The number of thioether (sulfide) groups is 1. The standard InChI is InChI=1S/C18H25N5O2S/c1-13-7-9-22(10-8-13)17(24)12-26-18-21-20-16(23(18)19)11-14-3-5-15(25-2)6-4-14/h3-6,13H,7-12,19H2,1-2H3. The second-order valence-corrected chi connectivity index (χ2v) is 7.59. The van der Waals surface area contributed by atoms with E-state index < -0.39 is 0 Å². The molecule has 3 rings (SSSR count). The highest BCUT2D eigenvalue weighted by Gasteiger charge is 2.21. The molecule has 2 N–H and O–H groups in total. The molecule has 0 spiro atoms. The summed E-state index contributed by atoms with van der Waals surface area (Å²) in [6.45, 7) is 3.93. The summed E-state index contributed by atoms with van der Waals surface area (Å²) < 4.78 is 6.63. The maximum atomic E-state index is 12.3. The number of carbonyl (C=O) groups excluding carboxylic acids is 1. The third kappa shape index (κ3) is 4.49. The van der Waals surface area contributed by atoms with Crippen molar-refractivity contribution in [3.8, 4) is 5.75 Å². The van der Waals surface area contributed by atoms with E-state index >= 15 is 0 Å². The first-order valence-corrected chi connectivity index (χ1v) is 9.78. The normalized spacial score (nSPS) is 15.2. The summed E-state index contributed by atoms with van der Waals surface area (Å²) in [6.07, 6.45) is 2.73. The lowest BCUT2D eigenvalue weighted by atomic mass is 9.99. The summed E-state index contributed by atoms with van der Waals surface area (Å²) in [5.41, 5.74) is 1.07. The SMILES string of the molecule is COc1ccc(Cc2nnc(SCC(=O)N3CCC(C)CC3)n2N)cc1. The van der Waals surface area contributed by atoms with Gasteiger partial charge in [0, 0.05) is 19.5 Å². The summed E-state index contributed by atoms with van der Waals surface area (Å²) in [5.74, 6) is 8.77. The van der Waals surface area contributed by atoms with E-state index in [1.54, 1.807) is 7.11 Å².